The Morgan fingerprint density at radius 3 is 2.82 bits per heavy atom. The minimum Gasteiger partial charge on any atom is -0.352 e. The van der Waals surface area contributed by atoms with Crippen LogP contribution in [0, 0.1) is 17.0 Å². The molecule has 0 atom stereocenters. The third-order valence-electron chi connectivity index (χ3n) is 2.26. The lowest BCUT2D eigenvalue weighted by Crippen LogP contribution is -2.25. The van der Waals surface area contributed by atoms with Crippen molar-refractivity contribution in [1.29, 1.82) is 0 Å². The van der Waals surface area contributed by atoms with Crippen LogP contribution in [-0.2, 0) is 0 Å². The third-order valence-corrected chi connectivity index (χ3v) is 3.02. The van der Waals surface area contributed by atoms with Crippen LogP contribution in [-0.4, -0.2) is 21.8 Å². The van der Waals surface area contributed by atoms with Crippen molar-refractivity contribution in [2.24, 2.45) is 0 Å². The number of amides is 1. The van der Waals surface area contributed by atoms with E-state index in [0.717, 1.165) is 10.8 Å². The zero-order valence-corrected chi connectivity index (χ0v) is 11.6. The van der Waals surface area contributed by atoms with Gasteiger partial charge in [-0.15, -0.1) is 0 Å². The highest BCUT2D eigenvalue weighted by Crippen LogP contribution is 2.22. The smallest absolute Gasteiger partial charge is 0.285 e. The molecule has 0 fully saturated rings. The number of carbonyl (C=O) groups excluding carboxylic acids is 1. The van der Waals surface area contributed by atoms with Gasteiger partial charge >= 0.3 is 0 Å². The average Bonchev–Trinajstić information content (AvgIpc) is 2.28. The second-order valence-electron chi connectivity index (χ2n) is 3.53. The maximum atomic E-state index is 11.8. The van der Waals surface area contributed by atoms with Gasteiger partial charge in [0.1, 0.15) is 5.56 Å². The number of alkyl halides is 1. The van der Waals surface area contributed by atoms with Crippen LogP contribution in [0.15, 0.2) is 18.2 Å². The van der Waals surface area contributed by atoms with E-state index >= 15 is 0 Å². The minimum absolute atomic E-state index is 0.112. The summed E-state index contributed by atoms with van der Waals surface area (Å²) in [5.74, 6) is -0.384. The Balaban J connectivity index is 2.93. The van der Waals surface area contributed by atoms with E-state index < -0.39 is 4.92 Å². The topological polar surface area (TPSA) is 72.2 Å². The van der Waals surface area contributed by atoms with Gasteiger partial charge in [-0.3, -0.25) is 14.9 Å². The van der Waals surface area contributed by atoms with Gasteiger partial charge in [-0.25, -0.2) is 0 Å². The number of carbonyl (C=O) groups is 1. The zero-order valence-electron chi connectivity index (χ0n) is 9.40. The lowest BCUT2D eigenvalue weighted by molar-refractivity contribution is -0.385. The molecule has 0 heterocycles. The number of halogens is 1. The Morgan fingerprint density at radius 2 is 2.24 bits per heavy atom. The molecule has 17 heavy (non-hydrogen) atoms. The second-order valence-corrected chi connectivity index (χ2v) is 4.61. The van der Waals surface area contributed by atoms with E-state index in [1.54, 1.807) is 19.1 Å². The maximum Gasteiger partial charge on any atom is 0.285 e. The number of benzene rings is 1. The number of hydrogen-bond acceptors (Lipinski definition) is 3. The van der Waals surface area contributed by atoms with Crippen molar-refractivity contribution in [3.05, 3.63) is 39.4 Å². The molecular weight excluding hydrogens is 335 g/mol. The van der Waals surface area contributed by atoms with Crippen LogP contribution in [0.2, 0.25) is 0 Å². The number of nitro benzene ring substituents is 1. The summed E-state index contributed by atoms with van der Waals surface area (Å²) in [4.78, 5) is 22.2. The molecule has 1 amide bonds. The first-order valence-electron chi connectivity index (χ1n) is 5.16. The van der Waals surface area contributed by atoms with Gasteiger partial charge in [-0.1, -0.05) is 34.7 Å². The number of aryl methyl sites for hydroxylation is 1. The van der Waals surface area contributed by atoms with Gasteiger partial charge in [-0.05, 0) is 19.4 Å². The van der Waals surface area contributed by atoms with Crippen LogP contribution >= 0.6 is 22.6 Å². The fraction of sp³-hybridized carbons (Fsp3) is 0.364. The number of rotatable bonds is 5. The predicted molar refractivity (Wildman–Crippen MR) is 73.7 cm³/mol. The van der Waals surface area contributed by atoms with Crippen LogP contribution in [0.25, 0.3) is 0 Å². The SMILES string of the molecule is Cc1cccc(C(=O)NCCCI)c1[N+](=O)[O-]. The van der Waals surface area contributed by atoms with E-state index in [1.807, 2.05) is 0 Å². The molecule has 92 valence electrons. The van der Waals surface area contributed by atoms with Gasteiger partial charge in [0.2, 0.25) is 0 Å². The molecule has 0 aromatic heterocycles. The quantitative estimate of drug-likeness (QED) is 0.292. The van der Waals surface area contributed by atoms with E-state index in [1.165, 1.54) is 6.07 Å². The molecule has 0 saturated carbocycles. The molecule has 0 radical (unpaired) electrons. The Labute approximate surface area is 113 Å². The summed E-state index contributed by atoms with van der Waals surface area (Å²) in [6.07, 6.45) is 0.853. The molecule has 1 N–H and O–H groups in total. The largest absolute Gasteiger partial charge is 0.352 e. The summed E-state index contributed by atoms with van der Waals surface area (Å²) in [6.45, 7) is 2.16. The first-order chi connectivity index (χ1) is 8.07. The fourth-order valence-electron chi connectivity index (χ4n) is 1.45. The zero-order chi connectivity index (χ0) is 12.8. The van der Waals surface area contributed by atoms with Gasteiger partial charge in [-0.2, -0.15) is 0 Å². The van der Waals surface area contributed by atoms with E-state index in [-0.39, 0.29) is 17.2 Å². The third kappa shape index (κ3) is 3.65. The number of hydrogen-bond donors (Lipinski definition) is 1. The van der Waals surface area contributed by atoms with Crippen LogP contribution < -0.4 is 5.32 Å². The molecule has 6 heteroatoms. The van der Waals surface area contributed by atoms with E-state index in [2.05, 4.69) is 27.9 Å². The Morgan fingerprint density at radius 1 is 1.53 bits per heavy atom. The normalized spacial score (nSPS) is 10.0. The molecule has 0 aliphatic rings. The van der Waals surface area contributed by atoms with Gasteiger partial charge in [0, 0.05) is 16.5 Å². The number of para-hydroxylation sites is 1. The van der Waals surface area contributed by atoms with Gasteiger partial charge in [0.15, 0.2) is 0 Å². The molecule has 0 aliphatic heterocycles. The fourth-order valence-corrected chi connectivity index (χ4v) is 1.83. The van der Waals surface area contributed by atoms with Crippen molar-refractivity contribution in [3.63, 3.8) is 0 Å². The standard InChI is InChI=1S/C11H13IN2O3/c1-8-4-2-5-9(10(8)14(16)17)11(15)13-7-3-6-12/h2,4-5H,3,6-7H2,1H3,(H,13,15). The summed E-state index contributed by atoms with van der Waals surface area (Å²) in [6, 6.07) is 4.75. The van der Waals surface area contributed by atoms with Crippen molar-refractivity contribution in [2.75, 3.05) is 11.0 Å². The summed E-state index contributed by atoms with van der Waals surface area (Å²) >= 11 is 2.21. The minimum atomic E-state index is -0.511. The van der Waals surface area contributed by atoms with Crippen LogP contribution in [0.3, 0.4) is 0 Å². The maximum absolute atomic E-state index is 11.8. The lowest BCUT2D eigenvalue weighted by atomic mass is 10.1. The summed E-state index contributed by atoms with van der Waals surface area (Å²) in [7, 11) is 0. The molecular formula is C11H13IN2O3. The Hall–Kier alpha value is -1.18. The summed E-state index contributed by atoms with van der Waals surface area (Å²) in [5.41, 5.74) is 0.513. The Kier molecular flexibility index (Phi) is 5.33. The van der Waals surface area contributed by atoms with Gasteiger partial charge in [0.05, 0.1) is 4.92 Å². The van der Waals surface area contributed by atoms with Crippen LogP contribution in [0.4, 0.5) is 5.69 Å². The van der Waals surface area contributed by atoms with Crippen molar-refractivity contribution in [3.8, 4) is 0 Å². The lowest BCUT2D eigenvalue weighted by Gasteiger charge is -2.06. The molecule has 0 spiro atoms. The highest BCUT2D eigenvalue weighted by Gasteiger charge is 2.21. The summed E-state index contributed by atoms with van der Waals surface area (Å²) < 4.78 is 0.938. The van der Waals surface area contributed by atoms with Crippen molar-refractivity contribution in [1.82, 2.24) is 5.32 Å². The molecule has 0 saturated heterocycles. The Bertz CT molecular complexity index is 435. The van der Waals surface area contributed by atoms with Gasteiger partial charge in [0.25, 0.3) is 11.6 Å². The van der Waals surface area contributed by atoms with Crippen LogP contribution in [0.1, 0.15) is 22.3 Å². The van der Waals surface area contributed by atoms with E-state index in [4.69, 9.17) is 0 Å². The number of nitrogens with zero attached hydrogens (tertiary/aromatic N) is 1. The first-order valence-corrected chi connectivity index (χ1v) is 6.68. The number of nitro groups is 1. The molecule has 1 aromatic rings. The molecule has 1 rings (SSSR count). The number of nitrogens with one attached hydrogen (secondary N) is 1. The molecule has 5 nitrogen and oxygen atoms in total. The van der Waals surface area contributed by atoms with E-state index in [9.17, 15) is 14.9 Å². The van der Waals surface area contributed by atoms with E-state index in [0.29, 0.717) is 12.1 Å². The molecule has 1 aromatic carbocycles. The van der Waals surface area contributed by atoms with Gasteiger partial charge < -0.3 is 5.32 Å². The first kappa shape index (κ1) is 13.9. The van der Waals surface area contributed by atoms with Crippen LogP contribution in [0.5, 0.6) is 0 Å². The highest BCUT2D eigenvalue weighted by atomic mass is 127. The molecule has 0 bridgehead atoms. The second kappa shape index (κ2) is 6.53. The summed E-state index contributed by atoms with van der Waals surface area (Å²) in [5, 5.41) is 13.6. The predicted octanol–water partition coefficient (Wildman–Crippen LogP) is 2.46. The van der Waals surface area contributed by atoms with Crippen molar-refractivity contribution in [2.45, 2.75) is 13.3 Å². The average molecular weight is 348 g/mol. The van der Waals surface area contributed by atoms with Crippen molar-refractivity contribution < 1.29 is 9.72 Å². The molecule has 0 aliphatic carbocycles. The van der Waals surface area contributed by atoms with Crippen molar-refractivity contribution >= 4 is 34.2 Å². The monoisotopic (exact) mass is 348 g/mol. The molecule has 0 unspecified atom stereocenters. The highest BCUT2D eigenvalue weighted by molar-refractivity contribution is 14.1.